The lowest BCUT2D eigenvalue weighted by molar-refractivity contribution is -0.132. The van der Waals surface area contributed by atoms with Crippen LogP contribution >= 0.6 is 11.6 Å². The van der Waals surface area contributed by atoms with Crippen LogP contribution in [-0.4, -0.2) is 76.4 Å². The predicted molar refractivity (Wildman–Crippen MR) is 124 cm³/mol. The number of para-hydroxylation sites is 1. The number of hydrogen-bond donors (Lipinski definition) is 1. The molecule has 33 heavy (non-hydrogen) atoms. The average molecular weight is 496 g/mol. The lowest BCUT2D eigenvalue weighted by atomic mass is 10.1. The Labute approximate surface area is 198 Å². The van der Waals surface area contributed by atoms with Crippen molar-refractivity contribution < 1.29 is 27.5 Å². The molecule has 11 heteroatoms. The van der Waals surface area contributed by atoms with E-state index in [0.29, 0.717) is 24.5 Å². The first-order valence-corrected chi connectivity index (χ1v) is 12.1. The third-order valence-corrected chi connectivity index (χ3v) is 7.52. The standard InChI is InChI=1S/C22H26ClN3O6S/c1-25(22(28)13-16-5-3-4-6-19(16)31-2)15-21(27)24-17-7-8-18(23)20(14-17)33(29,30)26-9-11-32-12-10-26/h3-8,14H,9-13,15H2,1-2H3,(H,24,27). The Morgan fingerprint density at radius 1 is 1.18 bits per heavy atom. The average Bonchev–Trinajstić information content (AvgIpc) is 2.81. The van der Waals surface area contributed by atoms with Crippen LogP contribution in [0.4, 0.5) is 5.69 Å². The highest BCUT2D eigenvalue weighted by Gasteiger charge is 2.28. The fourth-order valence-corrected chi connectivity index (χ4v) is 5.26. The maximum Gasteiger partial charge on any atom is 0.244 e. The van der Waals surface area contributed by atoms with Crippen molar-refractivity contribution in [1.82, 2.24) is 9.21 Å². The Kier molecular flexibility index (Phi) is 8.30. The molecule has 0 radical (unpaired) electrons. The molecular formula is C22H26ClN3O6S. The highest BCUT2D eigenvalue weighted by molar-refractivity contribution is 7.89. The fourth-order valence-electron chi connectivity index (χ4n) is 3.36. The van der Waals surface area contributed by atoms with Gasteiger partial charge in [-0.15, -0.1) is 0 Å². The molecule has 3 rings (SSSR count). The van der Waals surface area contributed by atoms with Crippen molar-refractivity contribution in [1.29, 1.82) is 0 Å². The number of sulfonamides is 1. The molecule has 2 aromatic carbocycles. The molecule has 0 unspecified atom stereocenters. The number of anilines is 1. The molecule has 1 saturated heterocycles. The molecule has 9 nitrogen and oxygen atoms in total. The van der Waals surface area contributed by atoms with Gasteiger partial charge < -0.3 is 19.7 Å². The summed E-state index contributed by atoms with van der Waals surface area (Å²) in [5.41, 5.74) is 0.981. The van der Waals surface area contributed by atoms with E-state index in [9.17, 15) is 18.0 Å². The van der Waals surface area contributed by atoms with Crippen molar-refractivity contribution in [3.63, 3.8) is 0 Å². The quantitative estimate of drug-likeness (QED) is 0.600. The van der Waals surface area contributed by atoms with Crippen molar-refractivity contribution in [2.45, 2.75) is 11.3 Å². The number of carbonyl (C=O) groups is 2. The zero-order chi connectivity index (χ0) is 24.0. The van der Waals surface area contributed by atoms with Gasteiger partial charge in [-0.2, -0.15) is 4.31 Å². The van der Waals surface area contributed by atoms with Gasteiger partial charge in [0.05, 0.1) is 38.3 Å². The van der Waals surface area contributed by atoms with Crippen molar-refractivity contribution in [2.24, 2.45) is 0 Å². The number of methoxy groups -OCH3 is 1. The summed E-state index contributed by atoms with van der Waals surface area (Å²) in [6.45, 7) is 0.871. The highest BCUT2D eigenvalue weighted by atomic mass is 35.5. The first-order valence-electron chi connectivity index (χ1n) is 10.3. The summed E-state index contributed by atoms with van der Waals surface area (Å²) >= 11 is 6.15. The highest BCUT2D eigenvalue weighted by Crippen LogP contribution is 2.28. The van der Waals surface area contributed by atoms with E-state index in [1.807, 2.05) is 6.07 Å². The van der Waals surface area contributed by atoms with Crippen LogP contribution < -0.4 is 10.1 Å². The monoisotopic (exact) mass is 495 g/mol. The maximum atomic E-state index is 12.9. The number of likely N-dealkylation sites (N-methyl/N-ethyl adjacent to an activating group) is 1. The molecule has 0 bridgehead atoms. The summed E-state index contributed by atoms with van der Waals surface area (Å²) in [4.78, 5) is 26.3. The minimum absolute atomic E-state index is 0.0589. The van der Waals surface area contributed by atoms with Crippen LogP contribution in [0, 0.1) is 0 Å². The molecule has 0 saturated carbocycles. The first-order chi connectivity index (χ1) is 15.7. The predicted octanol–water partition coefficient (Wildman–Crippen LogP) is 2.01. The summed E-state index contributed by atoms with van der Waals surface area (Å²) in [5, 5.41) is 2.69. The van der Waals surface area contributed by atoms with Gasteiger partial charge in [0.1, 0.15) is 10.6 Å². The molecule has 1 heterocycles. The summed E-state index contributed by atoms with van der Waals surface area (Å²) in [6, 6.07) is 11.4. The molecule has 1 aliphatic rings. The van der Waals surface area contributed by atoms with E-state index in [0.717, 1.165) is 0 Å². The van der Waals surface area contributed by atoms with Crippen LogP contribution in [-0.2, 0) is 30.8 Å². The van der Waals surface area contributed by atoms with Gasteiger partial charge >= 0.3 is 0 Å². The molecule has 0 aromatic heterocycles. The van der Waals surface area contributed by atoms with E-state index >= 15 is 0 Å². The van der Waals surface area contributed by atoms with Gasteiger partial charge in [0, 0.05) is 31.4 Å². The molecule has 1 aliphatic heterocycles. The van der Waals surface area contributed by atoms with Gasteiger partial charge in [-0.25, -0.2) is 8.42 Å². The van der Waals surface area contributed by atoms with Gasteiger partial charge in [0.15, 0.2) is 0 Å². The van der Waals surface area contributed by atoms with Crippen molar-refractivity contribution in [2.75, 3.05) is 52.3 Å². The summed E-state index contributed by atoms with van der Waals surface area (Å²) in [7, 11) is -0.786. The summed E-state index contributed by atoms with van der Waals surface area (Å²) in [6.07, 6.45) is 0.0800. The number of morpholine rings is 1. The van der Waals surface area contributed by atoms with Crippen LogP contribution in [0.15, 0.2) is 47.4 Å². The van der Waals surface area contributed by atoms with Crippen molar-refractivity contribution in [3.05, 3.63) is 53.1 Å². The molecule has 2 aromatic rings. The zero-order valence-electron chi connectivity index (χ0n) is 18.4. The lowest BCUT2D eigenvalue weighted by Crippen LogP contribution is -2.40. The number of carbonyl (C=O) groups excluding carboxylic acids is 2. The molecule has 1 N–H and O–H groups in total. The fraction of sp³-hybridized carbons (Fsp3) is 0.364. The number of halogens is 1. The van der Waals surface area contributed by atoms with Crippen LogP contribution in [0.1, 0.15) is 5.56 Å². The SMILES string of the molecule is COc1ccccc1CC(=O)N(C)CC(=O)Nc1ccc(Cl)c(S(=O)(=O)N2CCOCC2)c1. The van der Waals surface area contributed by atoms with E-state index in [2.05, 4.69) is 5.32 Å². The number of rotatable bonds is 8. The van der Waals surface area contributed by atoms with Gasteiger partial charge in [-0.1, -0.05) is 29.8 Å². The van der Waals surface area contributed by atoms with Crippen molar-refractivity contribution >= 4 is 39.1 Å². The van der Waals surface area contributed by atoms with Gasteiger partial charge in [0.2, 0.25) is 21.8 Å². The second-order valence-electron chi connectivity index (χ2n) is 7.45. The molecule has 0 aliphatic carbocycles. The van der Waals surface area contributed by atoms with Crippen LogP contribution in [0.5, 0.6) is 5.75 Å². The van der Waals surface area contributed by atoms with Crippen LogP contribution in [0.3, 0.4) is 0 Å². The molecule has 178 valence electrons. The number of ether oxygens (including phenoxy) is 2. The summed E-state index contributed by atoms with van der Waals surface area (Å²) < 4.78 is 37.7. The Hall–Kier alpha value is -2.66. The third kappa shape index (κ3) is 6.23. The lowest BCUT2D eigenvalue weighted by Gasteiger charge is -2.26. The molecule has 0 spiro atoms. The third-order valence-electron chi connectivity index (χ3n) is 5.14. The van der Waals surface area contributed by atoms with E-state index in [1.54, 1.807) is 18.2 Å². The van der Waals surface area contributed by atoms with E-state index in [-0.39, 0.29) is 47.6 Å². The number of benzene rings is 2. The first kappa shape index (κ1) is 25.0. The number of nitrogens with zero attached hydrogens (tertiary/aromatic N) is 2. The summed E-state index contributed by atoms with van der Waals surface area (Å²) in [5.74, 6) is -0.136. The Morgan fingerprint density at radius 2 is 1.88 bits per heavy atom. The van der Waals surface area contributed by atoms with E-state index in [1.165, 1.54) is 41.6 Å². The molecule has 1 fully saturated rings. The minimum Gasteiger partial charge on any atom is -0.496 e. The minimum atomic E-state index is -3.84. The molecule has 0 atom stereocenters. The second kappa shape index (κ2) is 11.0. The van der Waals surface area contributed by atoms with Crippen LogP contribution in [0.25, 0.3) is 0 Å². The zero-order valence-corrected chi connectivity index (χ0v) is 20.0. The van der Waals surface area contributed by atoms with Crippen LogP contribution in [0.2, 0.25) is 5.02 Å². The number of hydrogen-bond acceptors (Lipinski definition) is 6. The van der Waals surface area contributed by atoms with Gasteiger partial charge in [-0.3, -0.25) is 9.59 Å². The Morgan fingerprint density at radius 3 is 2.58 bits per heavy atom. The smallest absolute Gasteiger partial charge is 0.244 e. The maximum absolute atomic E-state index is 12.9. The Bertz CT molecular complexity index is 1120. The topological polar surface area (TPSA) is 105 Å². The van der Waals surface area contributed by atoms with E-state index in [4.69, 9.17) is 21.1 Å². The van der Waals surface area contributed by atoms with E-state index < -0.39 is 15.9 Å². The second-order valence-corrected chi connectivity index (χ2v) is 9.76. The number of amides is 2. The Balaban J connectivity index is 1.65. The normalized spacial score (nSPS) is 14.5. The molecule has 2 amide bonds. The molecular weight excluding hydrogens is 470 g/mol. The van der Waals surface area contributed by atoms with Gasteiger partial charge in [-0.05, 0) is 24.3 Å². The number of nitrogens with one attached hydrogen (secondary N) is 1. The van der Waals surface area contributed by atoms with Crippen molar-refractivity contribution in [3.8, 4) is 5.75 Å². The van der Waals surface area contributed by atoms with Gasteiger partial charge in [0.25, 0.3) is 0 Å². The largest absolute Gasteiger partial charge is 0.496 e.